The van der Waals surface area contributed by atoms with Crippen molar-refractivity contribution >= 4 is 21.4 Å². The van der Waals surface area contributed by atoms with Crippen LogP contribution in [0.2, 0.25) is 0 Å². The number of amides is 1. The number of carbonyl (C=O) groups is 1. The lowest BCUT2D eigenvalue weighted by molar-refractivity contribution is 0.102. The molecule has 0 aromatic heterocycles. The van der Waals surface area contributed by atoms with E-state index in [1.165, 1.54) is 35.7 Å². The lowest BCUT2D eigenvalue weighted by Gasteiger charge is -2.16. The normalized spacial score (nSPS) is 14.0. The van der Waals surface area contributed by atoms with Crippen molar-refractivity contribution in [2.24, 2.45) is 0 Å². The predicted octanol–water partition coefficient (Wildman–Crippen LogP) is 3.32. The molecule has 6 heteroatoms. The molecule has 3 rings (SSSR count). The number of phenolic OH excluding ortho intramolecular Hbond substituents is 1. The molecule has 2 N–H and O–H groups in total. The van der Waals surface area contributed by atoms with E-state index in [4.69, 9.17) is 0 Å². The Morgan fingerprint density at radius 1 is 1.08 bits per heavy atom. The maximum absolute atomic E-state index is 12.5. The number of rotatable bonds is 4. The molecule has 0 radical (unpaired) electrons. The molecule has 1 aliphatic carbocycles. The van der Waals surface area contributed by atoms with E-state index in [1.807, 2.05) is 12.1 Å². The van der Waals surface area contributed by atoms with Gasteiger partial charge in [-0.1, -0.05) is 13.0 Å². The zero-order chi connectivity index (χ0) is 18.0. The average Bonchev–Trinajstić information content (AvgIpc) is 2.62. The van der Waals surface area contributed by atoms with Crippen molar-refractivity contribution in [3.8, 4) is 5.75 Å². The molecule has 25 heavy (non-hydrogen) atoms. The van der Waals surface area contributed by atoms with E-state index in [-0.39, 0.29) is 28.0 Å². The van der Waals surface area contributed by atoms with Gasteiger partial charge in [0.25, 0.3) is 5.91 Å². The first-order valence-corrected chi connectivity index (χ1v) is 10.0. The van der Waals surface area contributed by atoms with Crippen molar-refractivity contribution in [1.82, 2.24) is 0 Å². The van der Waals surface area contributed by atoms with Gasteiger partial charge in [-0.25, -0.2) is 8.42 Å². The Morgan fingerprint density at radius 2 is 1.80 bits per heavy atom. The zero-order valence-electron chi connectivity index (χ0n) is 14.1. The van der Waals surface area contributed by atoms with E-state index in [9.17, 15) is 18.3 Å². The summed E-state index contributed by atoms with van der Waals surface area (Å²) in [6.07, 6.45) is 4.29. The number of benzene rings is 2. The van der Waals surface area contributed by atoms with Crippen molar-refractivity contribution in [3.05, 3.63) is 53.1 Å². The third kappa shape index (κ3) is 3.69. The van der Waals surface area contributed by atoms with Crippen LogP contribution in [0.4, 0.5) is 5.69 Å². The highest BCUT2D eigenvalue weighted by Crippen LogP contribution is 2.28. The molecule has 2 aromatic rings. The topological polar surface area (TPSA) is 83.5 Å². The summed E-state index contributed by atoms with van der Waals surface area (Å²) in [6.45, 7) is 1.55. The van der Waals surface area contributed by atoms with Gasteiger partial charge in [0.1, 0.15) is 5.75 Å². The van der Waals surface area contributed by atoms with Crippen LogP contribution in [0.15, 0.2) is 41.3 Å². The molecular weight excluding hydrogens is 338 g/mol. The smallest absolute Gasteiger partial charge is 0.255 e. The lowest BCUT2D eigenvalue weighted by atomic mass is 9.90. The van der Waals surface area contributed by atoms with E-state index in [0.29, 0.717) is 5.56 Å². The van der Waals surface area contributed by atoms with Crippen LogP contribution >= 0.6 is 0 Å². The Balaban J connectivity index is 1.87. The third-order valence-corrected chi connectivity index (χ3v) is 6.30. The number of hydrogen-bond donors (Lipinski definition) is 2. The highest BCUT2D eigenvalue weighted by Gasteiger charge is 2.17. The summed E-state index contributed by atoms with van der Waals surface area (Å²) >= 11 is 0. The Kier molecular flexibility index (Phi) is 4.81. The van der Waals surface area contributed by atoms with Crippen molar-refractivity contribution in [2.45, 2.75) is 37.5 Å². The van der Waals surface area contributed by atoms with Crippen LogP contribution in [0.5, 0.6) is 5.75 Å². The number of fused-ring (bicyclic) bond motifs is 1. The first-order valence-electron chi connectivity index (χ1n) is 8.39. The maximum atomic E-state index is 12.5. The fourth-order valence-electron chi connectivity index (χ4n) is 3.04. The molecule has 0 heterocycles. The van der Waals surface area contributed by atoms with Crippen LogP contribution in [-0.2, 0) is 22.7 Å². The van der Waals surface area contributed by atoms with E-state index in [2.05, 4.69) is 5.32 Å². The average molecular weight is 359 g/mol. The first-order chi connectivity index (χ1) is 11.9. The number of aromatic hydroxyl groups is 1. The summed E-state index contributed by atoms with van der Waals surface area (Å²) in [5, 5.41) is 12.6. The molecule has 0 atom stereocenters. The van der Waals surface area contributed by atoms with Crippen LogP contribution in [-0.4, -0.2) is 25.2 Å². The Morgan fingerprint density at radius 3 is 2.52 bits per heavy atom. The molecule has 1 amide bonds. The molecule has 0 bridgehead atoms. The molecule has 0 aliphatic heterocycles. The number of hydrogen-bond acceptors (Lipinski definition) is 4. The molecule has 132 valence electrons. The Hall–Kier alpha value is -2.34. The summed E-state index contributed by atoms with van der Waals surface area (Å²) in [7, 11) is -3.41. The Bertz CT molecular complexity index is 919. The summed E-state index contributed by atoms with van der Waals surface area (Å²) in [5.74, 6) is -0.577. The molecule has 0 saturated heterocycles. The largest absolute Gasteiger partial charge is 0.506 e. The summed E-state index contributed by atoms with van der Waals surface area (Å²) in [6, 6.07) is 9.54. The van der Waals surface area contributed by atoms with E-state index in [0.717, 1.165) is 19.3 Å². The van der Waals surface area contributed by atoms with Gasteiger partial charge in [-0.15, -0.1) is 0 Å². The first kappa shape index (κ1) is 17.5. The standard InChI is InChI=1S/C19H21NO4S/c1-2-25(23,24)16-9-10-18(21)17(12-16)20-19(22)15-8-7-13-5-3-4-6-14(13)11-15/h7-12,21H,2-6H2,1H3,(H,20,22). The van der Waals surface area contributed by atoms with Crippen molar-refractivity contribution in [3.63, 3.8) is 0 Å². The SMILES string of the molecule is CCS(=O)(=O)c1ccc(O)c(NC(=O)c2ccc3c(c2)CCCC3)c1. The molecule has 0 fully saturated rings. The minimum absolute atomic E-state index is 0.0457. The molecule has 1 aliphatic rings. The van der Waals surface area contributed by atoms with Gasteiger partial charge >= 0.3 is 0 Å². The van der Waals surface area contributed by atoms with Crippen molar-refractivity contribution in [1.29, 1.82) is 0 Å². The van der Waals surface area contributed by atoms with Gasteiger partial charge in [-0.2, -0.15) is 0 Å². The second kappa shape index (κ2) is 6.88. The van der Waals surface area contributed by atoms with Gasteiger partial charge in [0.15, 0.2) is 9.84 Å². The van der Waals surface area contributed by atoms with Crippen LogP contribution in [0, 0.1) is 0 Å². The monoisotopic (exact) mass is 359 g/mol. The molecule has 0 spiro atoms. The van der Waals surface area contributed by atoms with Crippen LogP contribution in [0.25, 0.3) is 0 Å². The maximum Gasteiger partial charge on any atom is 0.255 e. The number of anilines is 1. The van der Waals surface area contributed by atoms with Crippen LogP contribution in [0.1, 0.15) is 41.3 Å². The summed E-state index contributed by atoms with van der Waals surface area (Å²) in [4.78, 5) is 12.6. The second-order valence-corrected chi connectivity index (χ2v) is 8.51. The quantitative estimate of drug-likeness (QED) is 0.820. The number of phenols is 1. The van der Waals surface area contributed by atoms with Crippen LogP contribution in [0.3, 0.4) is 0 Å². The number of aryl methyl sites for hydroxylation is 2. The van der Waals surface area contributed by atoms with Crippen molar-refractivity contribution in [2.75, 3.05) is 11.1 Å². The van der Waals surface area contributed by atoms with Gasteiger partial charge in [0.2, 0.25) is 0 Å². The van der Waals surface area contributed by atoms with Gasteiger partial charge in [0.05, 0.1) is 16.3 Å². The van der Waals surface area contributed by atoms with Gasteiger partial charge in [0, 0.05) is 5.56 Å². The second-order valence-electron chi connectivity index (χ2n) is 6.23. The molecule has 5 nitrogen and oxygen atoms in total. The highest BCUT2D eigenvalue weighted by atomic mass is 32.2. The molecule has 2 aromatic carbocycles. The van der Waals surface area contributed by atoms with Gasteiger partial charge in [-0.3, -0.25) is 4.79 Å². The number of nitrogens with one attached hydrogen (secondary N) is 1. The van der Waals surface area contributed by atoms with E-state index >= 15 is 0 Å². The van der Waals surface area contributed by atoms with Gasteiger partial charge in [-0.05, 0) is 67.1 Å². The van der Waals surface area contributed by atoms with E-state index in [1.54, 1.807) is 13.0 Å². The lowest BCUT2D eigenvalue weighted by Crippen LogP contribution is -2.14. The van der Waals surface area contributed by atoms with E-state index < -0.39 is 9.84 Å². The minimum atomic E-state index is -3.41. The Labute approximate surface area is 147 Å². The molecular formula is C19H21NO4S. The van der Waals surface area contributed by atoms with Crippen molar-refractivity contribution < 1.29 is 18.3 Å². The summed E-state index contributed by atoms with van der Waals surface area (Å²) in [5.41, 5.74) is 3.06. The molecule has 0 saturated carbocycles. The third-order valence-electron chi connectivity index (χ3n) is 4.57. The fraction of sp³-hybridized carbons (Fsp3) is 0.316. The number of sulfone groups is 1. The zero-order valence-corrected chi connectivity index (χ0v) is 14.9. The fourth-order valence-corrected chi connectivity index (χ4v) is 3.95. The summed E-state index contributed by atoms with van der Waals surface area (Å²) < 4.78 is 24.0. The molecule has 0 unspecified atom stereocenters. The minimum Gasteiger partial charge on any atom is -0.506 e. The van der Waals surface area contributed by atoms with Gasteiger partial charge < -0.3 is 10.4 Å². The number of carbonyl (C=O) groups excluding carboxylic acids is 1. The highest BCUT2D eigenvalue weighted by molar-refractivity contribution is 7.91. The predicted molar refractivity (Wildman–Crippen MR) is 96.9 cm³/mol. The van der Waals surface area contributed by atoms with Crippen LogP contribution < -0.4 is 5.32 Å².